The molecule has 0 fully saturated rings. The van der Waals surface area contributed by atoms with Gasteiger partial charge in [0.05, 0.1) is 17.2 Å². The Hall–Kier alpha value is -1.94. The number of aryl methyl sites for hydroxylation is 1. The van der Waals surface area contributed by atoms with Crippen LogP contribution in [-0.2, 0) is 4.79 Å². The van der Waals surface area contributed by atoms with E-state index in [4.69, 9.17) is 5.73 Å². The number of anilines is 1. The lowest BCUT2D eigenvalue weighted by molar-refractivity contribution is -0.118. The Morgan fingerprint density at radius 3 is 2.68 bits per heavy atom. The van der Waals surface area contributed by atoms with E-state index in [0.29, 0.717) is 5.69 Å². The summed E-state index contributed by atoms with van der Waals surface area (Å²) in [7, 11) is 0. The maximum atomic E-state index is 12.0. The predicted molar refractivity (Wildman–Crippen MR) is 77.9 cm³/mol. The predicted octanol–water partition coefficient (Wildman–Crippen LogP) is 2.47. The molecule has 0 bridgehead atoms. The van der Waals surface area contributed by atoms with Gasteiger partial charge in [0.15, 0.2) is 0 Å². The molecule has 0 saturated heterocycles. The third kappa shape index (κ3) is 2.90. The van der Waals surface area contributed by atoms with Gasteiger partial charge in [0, 0.05) is 11.1 Å². The first-order chi connectivity index (χ1) is 8.99. The van der Waals surface area contributed by atoms with Crippen molar-refractivity contribution in [2.24, 2.45) is 11.7 Å². The number of pyridine rings is 1. The van der Waals surface area contributed by atoms with E-state index in [0.717, 1.165) is 16.6 Å². The molecule has 100 valence electrons. The van der Waals surface area contributed by atoms with Crippen molar-refractivity contribution >= 4 is 22.5 Å². The third-order valence-electron chi connectivity index (χ3n) is 3.14. The number of aromatic nitrogens is 1. The van der Waals surface area contributed by atoms with Crippen molar-refractivity contribution in [2.75, 3.05) is 5.32 Å². The van der Waals surface area contributed by atoms with Gasteiger partial charge in [0.2, 0.25) is 5.91 Å². The van der Waals surface area contributed by atoms with Crippen LogP contribution in [0, 0.1) is 12.8 Å². The lowest BCUT2D eigenvalue weighted by atomic mass is 10.0. The van der Waals surface area contributed by atoms with Crippen LogP contribution in [0.3, 0.4) is 0 Å². The van der Waals surface area contributed by atoms with Crippen LogP contribution in [0.4, 0.5) is 5.69 Å². The lowest BCUT2D eigenvalue weighted by Crippen LogP contribution is -2.39. The van der Waals surface area contributed by atoms with E-state index in [1.54, 1.807) is 0 Å². The van der Waals surface area contributed by atoms with Gasteiger partial charge in [0.1, 0.15) is 0 Å². The lowest BCUT2D eigenvalue weighted by Gasteiger charge is -2.16. The molecule has 1 amide bonds. The second-order valence-corrected chi connectivity index (χ2v) is 5.09. The summed E-state index contributed by atoms with van der Waals surface area (Å²) in [5, 5.41) is 3.87. The summed E-state index contributed by atoms with van der Waals surface area (Å²) in [5.74, 6) is -0.0736. The molecule has 2 rings (SSSR count). The van der Waals surface area contributed by atoms with Crippen LogP contribution in [0.1, 0.15) is 19.5 Å². The molecular weight excluding hydrogens is 238 g/mol. The fraction of sp³-hybridized carbons (Fsp3) is 0.333. The molecule has 3 N–H and O–H groups in total. The molecule has 1 aromatic carbocycles. The molecule has 1 atom stereocenters. The van der Waals surface area contributed by atoms with Crippen molar-refractivity contribution in [2.45, 2.75) is 26.8 Å². The first kappa shape index (κ1) is 13.5. The summed E-state index contributed by atoms with van der Waals surface area (Å²) >= 11 is 0. The minimum absolute atomic E-state index is 0.102. The van der Waals surface area contributed by atoms with E-state index >= 15 is 0 Å². The molecule has 19 heavy (non-hydrogen) atoms. The molecule has 0 aliphatic rings. The summed E-state index contributed by atoms with van der Waals surface area (Å²) < 4.78 is 0. The number of carbonyl (C=O) groups is 1. The Labute approximate surface area is 113 Å². The van der Waals surface area contributed by atoms with Gasteiger partial charge in [0.25, 0.3) is 0 Å². The number of nitrogens with two attached hydrogens (primary N) is 1. The monoisotopic (exact) mass is 257 g/mol. The normalized spacial score (nSPS) is 12.7. The van der Waals surface area contributed by atoms with Crippen LogP contribution < -0.4 is 11.1 Å². The van der Waals surface area contributed by atoms with E-state index in [1.165, 1.54) is 0 Å². The van der Waals surface area contributed by atoms with Gasteiger partial charge in [-0.05, 0) is 25.0 Å². The van der Waals surface area contributed by atoms with Crippen molar-refractivity contribution in [1.29, 1.82) is 0 Å². The Balaban J connectivity index is 2.35. The number of nitrogens with zero attached hydrogens (tertiary/aromatic N) is 1. The molecule has 0 aliphatic carbocycles. The highest BCUT2D eigenvalue weighted by Crippen LogP contribution is 2.22. The molecule has 4 nitrogen and oxygen atoms in total. The molecule has 0 spiro atoms. The number of hydrogen-bond acceptors (Lipinski definition) is 3. The fourth-order valence-corrected chi connectivity index (χ4v) is 1.86. The van der Waals surface area contributed by atoms with Crippen molar-refractivity contribution < 1.29 is 4.79 Å². The maximum Gasteiger partial charge on any atom is 0.241 e. The largest absolute Gasteiger partial charge is 0.323 e. The van der Waals surface area contributed by atoms with E-state index in [9.17, 15) is 4.79 Å². The average molecular weight is 257 g/mol. The van der Waals surface area contributed by atoms with Crippen molar-refractivity contribution in [1.82, 2.24) is 4.98 Å². The number of fused-ring (bicyclic) bond motifs is 1. The van der Waals surface area contributed by atoms with Crippen LogP contribution in [0.5, 0.6) is 0 Å². The smallest absolute Gasteiger partial charge is 0.241 e. The summed E-state index contributed by atoms with van der Waals surface area (Å²) in [6, 6.07) is 9.15. The Morgan fingerprint density at radius 2 is 2.00 bits per heavy atom. The number of hydrogen-bond donors (Lipinski definition) is 2. The zero-order chi connectivity index (χ0) is 14.0. The molecule has 4 heteroatoms. The van der Waals surface area contributed by atoms with Gasteiger partial charge in [-0.1, -0.05) is 32.0 Å². The Bertz CT molecular complexity index is 607. The second kappa shape index (κ2) is 5.36. The number of para-hydroxylation sites is 1. The first-order valence-electron chi connectivity index (χ1n) is 6.42. The third-order valence-corrected chi connectivity index (χ3v) is 3.14. The Morgan fingerprint density at radius 1 is 1.26 bits per heavy atom. The van der Waals surface area contributed by atoms with Gasteiger partial charge in [-0.3, -0.25) is 9.78 Å². The summed E-state index contributed by atoms with van der Waals surface area (Å²) in [6.45, 7) is 5.78. The standard InChI is InChI=1S/C15H19N3O/c1-9(2)13(16)15(19)18-12-6-4-5-11-8-7-10(3)17-14(11)12/h4-9,13H,16H2,1-3H3,(H,18,19)/t13-/m1/s1. The molecule has 2 aromatic rings. The molecule has 0 unspecified atom stereocenters. The van der Waals surface area contributed by atoms with Crippen LogP contribution in [0.2, 0.25) is 0 Å². The molecular formula is C15H19N3O. The van der Waals surface area contributed by atoms with E-state index in [2.05, 4.69) is 10.3 Å². The van der Waals surface area contributed by atoms with Gasteiger partial charge < -0.3 is 11.1 Å². The first-order valence-corrected chi connectivity index (χ1v) is 6.42. The van der Waals surface area contributed by atoms with Gasteiger partial charge in [-0.2, -0.15) is 0 Å². The molecule has 0 aliphatic heterocycles. The highest BCUT2D eigenvalue weighted by Gasteiger charge is 2.18. The average Bonchev–Trinajstić information content (AvgIpc) is 2.38. The minimum atomic E-state index is -0.514. The van der Waals surface area contributed by atoms with Crippen LogP contribution >= 0.6 is 0 Å². The van der Waals surface area contributed by atoms with Crippen molar-refractivity contribution in [3.63, 3.8) is 0 Å². The second-order valence-electron chi connectivity index (χ2n) is 5.09. The Kier molecular flexibility index (Phi) is 3.81. The topological polar surface area (TPSA) is 68.0 Å². The van der Waals surface area contributed by atoms with Crippen LogP contribution in [0.25, 0.3) is 10.9 Å². The summed E-state index contributed by atoms with van der Waals surface area (Å²) in [4.78, 5) is 16.5. The van der Waals surface area contributed by atoms with Crippen LogP contribution in [-0.4, -0.2) is 16.9 Å². The maximum absolute atomic E-state index is 12.0. The molecule has 0 saturated carbocycles. The van der Waals surface area contributed by atoms with Gasteiger partial charge in [-0.25, -0.2) is 0 Å². The molecule has 0 radical (unpaired) electrons. The van der Waals surface area contributed by atoms with Crippen LogP contribution in [0.15, 0.2) is 30.3 Å². The van der Waals surface area contributed by atoms with Gasteiger partial charge >= 0.3 is 0 Å². The number of nitrogens with one attached hydrogen (secondary N) is 1. The SMILES string of the molecule is Cc1ccc2cccc(NC(=O)[C@H](N)C(C)C)c2n1. The fourth-order valence-electron chi connectivity index (χ4n) is 1.86. The summed E-state index contributed by atoms with van der Waals surface area (Å²) in [6.07, 6.45) is 0. The van der Waals surface area contributed by atoms with Crippen molar-refractivity contribution in [3.8, 4) is 0 Å². The van der Waals surface area contributed by atoms with E-state index < -0.39 is 6.04 Å². The number of benzene rings is 1. The number of carbonyl (C=O) groups excluding carboxylic acids is 1. The zero-order valence-corrected chi connectivity index (χ0v) is 11.5. The minimum Gasteiger partial charge on any atom is -0.323 e. The highest BCUT2D eigenvalue weighted by molar-refractivity contribution is 6.02. The van der Waals surface area contributed by atoms with E-state index in [1.807, 2.05) is 51.1 Å². The molecule has 1 aromatic heterocycles. The zero-order valence-electron chi connectivity index (χ0n) is 11.5. The van der Waals surface area contributed by atoms with Gasteiger partial charge in [-0.15, -0.1) is 0 Å². The van der Waals surface area contributed by atoms with E-state index in [-0.39, 0.29) is 11.8 Å². The highest BCUT2D eigenvalue weighted by atomic mass is 16.2. The number of rotatable bonds is 3. The molecule has 1 heterocycles. The summed E-state index contributed by atoms with van der Waals surface area (Å²) in [5.41, 5.74) is 8.28. The quantitative estimate of drug-likeness (QED) is 0.887. The number of amides is 1. The van der Waals surface area contributed by atoms with Crippen molar-refractivity contribution in [3.05, 3.63) is 36.0 Å².